The number of carbonyl (C=O) groups excluding carboxylic acids is 1. The summed E-state index contributed by atoms with van der Waals surface area (Å²) in [6.45, 7) is 4.96. The summed E-state index contributed by atoms with van der Waals surface area (Å²) in [6, 6.07) is 7.99. The highest BCUT2D eigenvalue weighted by Gasteiger charge is 2.11. The molecule has 94 valence electrons. The van der Waals surface area contributed by atoms with Crippen LogP contribution in [0.1, 0.15) is 25.0 Å². The van der Waals surface area contributed by atoms with Crippen LogP contribution in [0.2, 0.25) is 0 Å². The van der Waals surface area contributed by atoms with Gasteiger partial charge in [-0.05, 0) is 25.0 Å². The minimum absolute atomic E-state index is 0.0631. The van der Waals surface area contributed by atoms with Gasteiger partial charge in [-0.2, -0.15) is 0 Å². The molecule has 0 aliphatic rings. The third-order valence-corrected chi connectivity index (χ3v) is 2.50. The Labute approximate surface area is 103 Å². The number of carbonyl (C=O) groups is 1. The number of nitrogens with one attached hydrogen (secondary N) is 1. The maximum absolute atomic E-state index is 11.7. The van der Waals surface area contributed by atoms with Crippen LogP contribution in [0.25, 0.3) is 0 Å². The van der Waals surface area contributed by atoms with Gasteiger partial charge in [0.2, 0.25) is 0 Å². The molecule has 4 nitrogen and oxygen atoms in total. The summed E-state index contributed by atoms with van der Waals surface area (Å²) >= 11 is 0. The van der Waals surface area contributed by atoms with Crippen LogP contribution in [0.5, 0.6) is 0 Å². The molecule has 0 spiro atoms. The highest BCUT2D eigenvalue weighted by molar-refractivity contribution is 5.74. The Hall–Kier alpha value is -1.55. The SMILES string of the molecule is CC(C)NC(=O)N(C)Cc1ccccc1CN. The molecule has 0 fully saturated rings. The Morgan fingerprint density at radius 3 is 2.47 bits per heavy atom. The van der Waals surface area contributed by atoms with Crippen molar-refractivity contribution in [2.24, 2.45) is 5.73 Å². The molecule has 3 N–H and O–H groups in total. The van der Waals surface area contributed by atoms with Crippen LogP contribution >= 0.6 is 0 Å². The predicted octanol–water partition coefficient (Wildman–Crippen LogP) is 1.70. The lowest BCUT2D eigenvalue weighted by Crippen LogP contribution is -2.40. The lowest BCUT2D eigenvalue weighted by molar-refractivity contribution is 0.204. The number of hydrogen-bond donors (Lipinski definition) is 2. The first-order chi connectivity index (χ1) is 8.04. The fourth-order valence-electron chi connectivity index (χ4n) is 1.60. The van der Waals surface area contributed by atoms with Gasteiger partial charge < -0.3 is 16.0 Å². The lowest BCUT2D eigenvalue weighted by Gasteiger charge is -2.21. The Morgan fingerprint density at radius 1 is 1.35 bits per heavy atom. The maximum Gasteiger partial charge on any atom is 0.317 e. The van der Waals surface area contributed by atoms with Gasteiger partial charge in [0.05, 0.1) is 0 Å². The van der Waals surface area contributed by atoms with Gasteiger partial charge in [-0.25, -0.2) is 4.79 Å². The minimum atomic E-state index is -0.0631. The Bertz CT molecular complexity index is 377. The molecule has 0 heterocycles. The van der Waals surface area contributed by atoms with Crippen LogP contribution < -0.4 is 11.1 Å². The molecule has 1 aromatic rings. The van der Waals surface area contributed by atoms with Crippen LogP contribution in [0, 0.1) is 0 Å². The van der Waals surface area contributed by atoms with Gasteiger partial charge in [0.1, 0.15) is 0 Å². The quantitative estimate of drug-likeness (QED) is 0.834. The molecular formula is C13H21N3O. The molecule has 0 atom stereocenters. The summed E-state index contributed by atoms with van der Waals surface area (Å²) in [5, 5.41) is 2.86. The summed E-state index contributed by atoms with van der Waals surface area (Å²) < 4.78 is 0. The second kappa shape index (κ2) is 6.25. The summed E-state index contributed by atoms with van der Waals surface area (Å²) in [5.74, 6) is 0. The molecule has 4 heteroatoms. The molecule has 0 saturated heterocycles. The summed E-state index contributed by atoms with van der Waals surface area (Å²) in [6.07, 6.45) is 0. The molecule has 1 aromatic carbocycles. The molecule has 0 saturated carbocycles. The van der Waals surface area contributed by atoms with E-state index in [-0.39, 0.29) is 12.1 Å². The zero-order valence-electron chi connectivity index (χ0n) is 10.7. The average Bonchev–Trinajstić information content (AvgIpc) is 2.28. The normalized spacial score (nSPS) is 10.4. The fourth-order valence-corrected chi connectivity index (χ4v) is 1.60. The first-order valence-electron chi connectivity index (χ1n) is 5.83. The van der Waals surface area contributed by atoms with E-state index in [1.807, 2.05) is 38.1 Å². The first-order valence-corrected chi connectivity index (χ1v) is 5.83. The van der Waals surface area contributed by atoms with Crippen LogP contribution in [0.4, 0.5) is 4.79 Å². The first kappa shape index (κ1) is 13.5. The van der Waals surface area contributed by atoms with Crippen molar-refractivity contribution < 1.29 is 4.79 Å². The standard InChI is InChI=1S/C13H21N3O/c1-10(2)15-13(17)16(3)9-12-7-5-4-6-11(12)8-14/h4-7,10H,8-9,14H2,1-3H3,(H,15,17). The number of urea groups is 1. The topological polar surface area (TPSA) is 58.4 Å². The second-order valence-electron chi connectivity index (χ2n) is 4.43. The molecular weight excluding hydrogens is 214 g/mol. The third kappa shape index (κ3) is 4.07. The number of nitrogens with zero attached hydrogens (tertiary/aromatic N) is 1. The Kier molecular flexibility index (Phi) is 4.97. The zero-order valence-corrected chi connectivity index (χ0v) is 10.7. The molecule has 17 heavy (non-hydrogen) atoms. The molecule has 1 rings (SSSR count). The number of benzene rings is 1. The van der Waals surface area contributed by atoms with Crippen LogP contribution in [0.15, 0.2) is 24.3 Å². The molecule has 0 radical (unpaired) electrons. The summed E-state index contributed by atoms with van der Waals surface area (Å²) in [7, 11) is 1.78. The van der Waals surface area contributed by atoms with Gasteiger partial charge >= 0.3 is 6.03 Å². The Balaban J connectivity index is 2.67. The van der Waals surface area contributed by atoms with Crippen LogP contribution in [0.3, 0.4) is 0 Å². The summed E-state index contributed by atoms with van der Waals surface area (Å²) in [4.78, 5) is 13.4. The van der Waals surface area contributed by atoms with Crippen molar-refractivity contribution in [1.82, 2.24) is 10.2 Å². The van der Waals surface area contributed by atoms with Crippen molar-refractivity contribution in [3.05, 3.63) is 35.4 Å². The summed E-state index contributed by atoms with van der Waals surface area (Å²) in [5.41, 5.74) is 7.84. The molecule has 0 aromatic heterocycles. The van der Waals surface area contributed by atoms with Crippen molar-refractivity contribution in [2.45, 2.75) is 33.0 Å². The lowest BCUT2D eigenvalue weighted by atomic mass is 10.1. The number of nitrogens with two attached hydrogens (primary N) is 1. The predicted molar refractivity (Wildman–Crippen MR) is 69.5 cm³/mol. The molecule has 0 unspecified atom stereocenters. The van der Waals surface area contributed by atoms with E-state index >= 15 is 0 Å². The maximum atomic E-state index is 11.7. The largest absolute Gasteiger partial charge is 0.336 e. The number of amides is 2. The van der Waals surface area contributed by atoms with Gasteiger partial charge in [-0.3, -0.25) is 0 Å². The molecule has 0 aliphatic heterocycles. The van der Waals surface area contributed by atoms with E-state index in [1.165, 1.54) is 0 Å². The molecule has 0 bridgehead atoms. The van der Waals surface area contributed by atoms with Gasteiger partial charge in [-0.15, -0.1) is 0 Å². The van der Waals surface area contributed by atoms with Crippen molar-refractivity contribution >= 4 is 6.03 Å². The van der Waals surface area contributed by atoms with E-state index in [2.05, 4.69) is 5.32 Å². The van der Waals surface area contributed by atoms with Gasteiger partial charge in [-0.1, -0.05) is 24.3 Å². The minimum Gasteiger partial charge on any atom is -0.336 e. The Morgan fingerprint density at radius 2 is 1.94 bits per heavy atom. The van der Waals surface area contributed by atoms with E-state index < -0.39 is 0 Å². The zero-order chi connectivity index (χ0) is 12.8. The van der Waals surface area contributed by atoms with Crippen molar-refractivity contribution in [2.75, 3.05) is 7.05 Å². The van der Waals surface area contributed by atoms with Crippen molar-refractivity contribution in [3.8, 4) is 0 Å². The fraction of sp³-hybridized carbons (Fsp3) is 0.462. The van der Waals surface area contributed by atoms with Gasteiger partial charge in [0, 0.05) is 26.2 Å². The van der Waals surface area contributed by atoms with Crippen molar-refractivity contribution in [1.29, 1.82) is 0 Å². The smallest absolute Gasteiger partial charge is 0.317 e. The third-order valence-electron chi connectivity index (χ3n) is 2.50. The van der Waals surface area contributed by atoms with Crippen LogP contribution in [-0.2, 0) is 13.1 Å². The average molecular weight is 235 g/mol. The van der Waals surface area contributed by atoms with E-state index in [4.69, 9.17) is 5.73 Å². The highest BCUT2D eigenvalue weighted by Crippen LogP contribution is 2.10. The van der Waals surface area contributed by atoms with E-state index in [0.717, 1.165) is 11.1 Å². The molecule has 0 aliphatic carbocycles. The van der Waals surface area contributed by atoms with E-state index in [0.29, 0.717) is 13.1 Å². The van der Waals surface area contributed by atoms with Gasteiger partial charge in [0.25, 0.3) is 0 Å². The number of hydrogen-bond acceptors (Lipinski definition) is 2. The van der Waals surface area contributed by atoms with Crippen LogP contribution in [-0.4, -0.2) is 24.0 Å². The van der Waals surface area contributed by atoms with E-state index in [9.17, 15) is 4.79 Å². The highest BCUT2D eigenvalue weighted by atomic mass is 16.2. The second-order valence-corrected chi connectivity index (χ2v) is 4.43. The number of rotatable bonds is 4. The van der Waals surface area contributed by atoms with Gasteiger partial charge in [0.15, 0.2) is 0 Å². The molecule has 2 amide bonds. The monoisotopic (exact) mass is 235 g/mol. The van der Waals surface area contributed by atoms with Crippen molar-refractivity contribution in [3.63, 3.8) is 0 Å². The van der Waals surface area contributed by atoms with E-state index in [1.54, 1.807) is 11.9 Å².